The van der Waals surface area contributed by atoms with Crippen molar-refractivity contribution in [3.05, 3.63) is 68.6 Å². The van der Waals surface area contributed by atoms with Crippen molar-refractivity contribution >= 4 is 59.9 Å². The summed E-state index contributed by atoms with van der Waals surface area (Å²) in [6, 6.07) is 11.4. The molecule has 0 saturated heterocycles. The van der Waals surface area contributed by atoms with E-state index in [1.54, 1.807) is 24.4 Å². The first-order chi connectivity index (χ1) is 13.6. The Balaban J connectivity index is 1.82. The standard InChI is InChI=1S/C20H16BrN3O2S2/c1-12-5-6-14(26-2)17-18(12)28-20(23-17)24(11-13-4-3-9-22-10-13)19(25)15-7-8-16(21)27-15/h3-10H,11H2,1-2H3. The average molecular weight is 474 g/mol. The SMILES string of the molecule is COc1ccc(C)c2sc(N(Cc3cccnc3)C(=O)c3ccc(Br)s3)nc12. The van der Waals surface area contributed by atoms with E-state index in [0.717, 1.165) is 25.1 Å². The molecule has 0 fully saturated rings. The van der Waals surface area contributed by atoms with Gasteiger partial charge >= 0.3 is 0 Å². The number of carbonyl (C=O) groups excluding carboxylic acids is 1. The van der Waals surface area contributed by atoms with Gasteiger partial charge in [0.2, 0.25) is 0 Å². The van der Waals surface area contributed by atoms with E-state index in [1.807, 2.05) is 43.3 Å². The minimum Gasteiger partial charge on any atom is -0.494 e. The van der Waals surface area contributed by atoms with Gasteiger partial charge in [0.1, 0.15) is 11.3 Å². The quantitative estimate of drug-likeness (QED) is 0.374. The molecule has 0 aliphatic carbocycles. The zero-order chi connectivity index (χ0) is 19.7. The number of rotatable bonds is 5. The Kier molecular flexibility index (Phi) is 5.43. The van der Waals surface area contributed by atoms with E-state index in [2.05, 4.69) is 20.9 Å². The number of thiophene rings is 1. The molecule has 0 saturated carbocycles. The molecule has 4 rings (SSSR count). The first kappa shape index (κ1) is 19.0. The van der Waals surface area contributed by atoms with E-state index >= 15 is 0 Å². The highest BCUT2D eigenvalue weighted by Crippen LogP contribution is 2.37. The number of halogens is 1. The maximum atomic E-state index is 13.3. The van der Waals surface area contributed by atoms with Crippen molar-refractivity contribution in [2.75, 3.05) is 12.0 Å². The fourth-order valence-electron chi connectivity index (χ4n) is 2.84. The predicted molar refractivity (Wildman–Crippen MR) is 118 cm³/mol. The third-order valence-electron chi connectivity index (χ3n) is 4.24. The third kappa shape index (κ3) is 3.67. The van der Waals surface area contributed by atoms with E-state index in [-0.39, 0.29) is 5.91 Å². The van der Waals surface area contributed by atoms with Crippen LogP contribution in [0.3, 0.4) is 0 Å². The van der Waals surface area contributed by atoms with Crippen molar-refractivity contribution in [1.29, 1.82) is 0 Å². The summed E-state index contributed by atoms with van der Waals surface area (Å²) in [5.41, 5.74) is 2.82. The number of pyridine rings is 1. The van der Waals surface area contributed by atoms with Crippen LogP contribution in [0.2, 0.25) is 0 Å². The van der Waals surface area contributed by atoms with Gasteiger partial charge in [0.15, 0.2) is 5.13 Å². The van der Waals surface area contributed by atoms with Crippen LogP contribution in [-0.4, -0.2) is 23.0 Å². The van der Waals surface area contributed by atoms with Crippen LogP contribution in [0.15, 0.2) is 52.6 Å². The molecule has 28 heavy (non-hydrogen) atoms. The summed E-state index contributed by atoms with van der Waals surface area (Å²) in [6.45, 7) is 2.43. The second-order valence-electron chi connectivity index (χ2n) is 6.12. The molecule has 1 aromatic carbocycles. The number of benzene rings is 1. The number of aromatic nitrogens is 2. The zero-order valence-corrected chi connectivity index (χ0v) is 18.4. The number of methoxy groups -OCH3 is 1. The van der Waals surface area contributed by atoms with Crippen molar-refractivity contribution in [2.45, 2.75) is 13.5 Å². The van der Waals surface area contributed by atoms with Crippen LogP contribution in [0.1, 0.15) is 20.8 Å². The van der Waals surface area contributed by atoms with Crippen molar-refractivity contribution in [1.82, 2.24) is 9.97 Å². The highest BCUT2D eigenvalue weighted by atomic mass is 79.9. The van der Waals surface area contributed by atoms with Crippen LogP contribution in [0.5, 0.6) is 5.75 Å². The number of amides is 1. The molecular weight excluding hydrogens is 458 g/mol. The van der Waals surface area contributed by atoms with Gasteiger partial charge in [-0.3, -0.25) is 14.7 Å². The smallest absolute Gasteiger partial charge is 0.270 e. The van der Waals surface area contributed by atoms with E-state index in [0.29, 0.717) is 22.3 Å². The molecule has 0 N–H and O–H groups in total. The largest absolute Gasteiger partial charge is 0.494 e. The van der Waals surface area contributed by atoms with Gasteiger partial charge in [-0.2, -0.15) is 0 Å². The van der Waals surface area contributed by atoms with Gasteiger partial charge in [0, 0.05) is 12.4 Å². The Labute approximate surface area is 178 Å². The van der Waals surface area contributed by atoms with Gasteiger partial charge in [-0.1, -0.05) is 23.5 Å². The van der Waals surface area contributed by atoms with E-state index in [4.69, 9.17) is 9.72 Å². The summed E-state index contributed by atoms with van der Waals surface area (Å²) >= 11 is 6.34. The second-order valence-corrected chi connectivity index (χ2v) is 9.56. The Bertz CT molecular complexity index is 1140. The number of hydrogen-bond donors (Lipinski definition) is 0. The van der Waals surface area contributed by atoms with Gasteiger partial charge in [-0.05, 0) is 58.2 Å². The minimum absolute atomic E-state index is 0.0878. The molecule has 3 aromatic heterocycles. The van der Waals surface area contributed by atoms with Crippen LogP contribution in [-0.2, 0) is 6.54 Å². The molecule has 142 valence electrons. The molecule has 5 nitrogen and oxygen atoms in total. The molecule has 8 heteroatoms. The maximum Gasteiger partial charge on any atom is 0.270 e. The number of anilines is 1. The number of hydrogen-bond acceptors (Lipinski definition) is 6. The fraction of sp³-hybridized carbons (Fsp3) is 0.150. The van der Waals surface area contributed by atoms with Gasteiger partial charge in [-0.25, -0.2) is 4.98 Å². The lowest BCUT2D eigenvalue weighted by Crippen LogP contribution is -2.29. The Hall–Kier alpha value is -2.29. The number of thiazole rings is 1. The maximum absolute atomic E-state index is 13.3. The van der Waals surface area contributed by atoms with Gasteiger partial charge in [0.05, 0.1) is 27.0 Å². The van der Waals surface area contributed by atoms with E-state index in [1.165, 1.54) is 22.7 Å². The molecule has 0 aliphatic heterocycles. The van der Waals surface area contributed by atoms with E-state index in [9.17, 15) is 4.79 Å². The lowest BCUT2D eigenvalue weighted by molar-refractivity contribution is 0.0989. The lowest BCUT2D eigenvalue weighted by Gasteiger charge is -2.19. The van der Waals surface area contributed by atoms with Gasteiger partial charge < -0.3 is 4.74 Å². The Morgan fingerprint density at radius 1 is 1.21 bits per heavy atom. The molecule has 0 bridgehead atoms. The Morgan fingerprint density at radius 3 is 2.75 bits per heavy atom. The summed E-state index contributed by atoms with van der Waals surface area (Å²) in [5.74, 6) is 0.617. The molecule has 0 atom stereocenters. The van der Waals surface area contributed by atoms with Crippen LogP contribution in [0.25, 0.3) is 10.2 Å². The van der Waals surface area contributed by atoms with Gasteiger partial charge in [0.25, 0.3) is 5.91 Å². The monoisotopic (exact) mass is 473 g/mol. The van der Waals surface area contributed by atoms with Crippen molar-refractivity contribution in [3.63, 3.8) is 0 Å². The first-order valence-corrected chi connectivity index (χ1v) is 10.9. The number of carbonyl (C=O) groups is 1. The summed E-state index contributed by atoms with van der Waals surface area (Å²) in [6.07, 6.45) is 3.49. The summed E-state index contributed by atoms with van der Waals surface area (Å²) in [7, 11) is 1.63. The number of aryl methyl sites for hydroxylation is 1. The molecule has 0 aliphatic rings. The number of fused-ring (bicyclic) bond motifs is 1. The molecule has 0 spiro atoms. The van der Waals surface area contributed by atoms with Crippen LogP contribution < -0.4 is 9.64 Å². The lowest BCUT2D eigenvalue weighted by atomic mass is 10.2. The fourth-order valence-corrected chi connectivity index (χ4v) is 5.23. The second kappa shape index (κ2) is 7.98. The highest BCUT2D eigenvalue weighted by molar-refractivity contribution is 9.11. The van der Waals surface area contributed by atoms with Gasteiger partial charge in [-0.15, -0.1) is 11.3 Å². The molecule has 0 radical (unpaired) electrons. The molecule has 0 unspecified atom stereocenters. The van der Waals surface area contributed by atoms with Crippen LogP contribution in [0.4, 0.5) is 5.13 Å². The van der Waals surface area contributed by atoms with Crippen molar-refractivity contribution in [2.24, 2.45) is 0 Å². The Morgan fingerprint density at radius 2 is 2.07 bits per heavy atom. The zero-order valence-electron chi connectivity index (χ0n) is 15.2. The molecule has 4 aromatic rings. The number of ether oxygens (including phenoxy) is 1. The van der Waals surface area contributed by atoms with E-state index < -0.39 is 0 Å². The third-order valence-corrected chi connectivity index (χ3v) is 7.06. The van der Waals surface area contributed by atoms with Crippen molar-refractivity contribution < 1.29 is 9.53 Å². The van der Waals surface area contributed by atoms with Crippen LogP contribution in [0, 0.1) is 6.92 Å². The summed E-state index contributed by atoms with van der Waals surface area (Å²) in [4.78, 5) is 24.6. The minimum atomic E-state index is -0.0878. The molecular formula is C20H16BrN3O2S2. The van der Waals surface area contributed by atoms with Crippen LogP contribution >= 0.6 is 38.6 Å². The highest BCUT2D eigenvalue weighted by Gasteiger charge is 2.24. The molecule has 1 amide bonds. The topological polar surface area (TPSA) is 55.3 Å². The normalized spacial score (nSPS) is 11.0. The van der Waals surface area contributed by atoms with Crippen molar-refractivity contribution in [3.8, 4) is 5.75 Å². The average Bonchev–Trinajstić information content (AvgIpc) is 3.34. The number of nitrogens with zero attached hydrogens (tertiary/aromatic N) is 3. The molecule has 3 heterocycles. The summed E-state index contributed by atoms with van der Waals surface area (Å²) in [5, 5.41) is 0.640. The predicted octanol–water partition coefficient (Wildman–Crippen LogP) is 5.68. The first-order valence-electron chi connectivity index (χ1n) is 8.47. The summed E-state index contributed by atoms with van der Waals surface area (Å²) < 4.78 is 7.40.